The number of benzene rings is 3. The van der Waals surface area contributed by atoms with Crippen LogP contribution in [0.2, 0.25) is 0 Å². The highest BCUT2D eigenvalue weighted by Crippen LogP contribution is 2.36. The third-order valence-corrected chi connectivity index (χ3v) is 4.77. The summed E-state index contributed by atoms with van der Waals surface area (Å²) in [5.74, 6) is -1.17. The summed E-state index contributed by atoms with van der Waals surface area (Å²) in [5.41, 5.74) is 0.0848. The van der Waals surface area contributed by atoms with Crippen LogP contribution in [0.1, 0.15) is 0 Å². The van der Waals surface area contributed by atoms with E-state index in [9.17, 15) is 24.6 Å². The summed E-state index contributed by atoms with van der Waals surface area (Å²) in [6.07, 6.45) is 1.97. The van der Waals surface area contributed by atoms with Crippen LogP contribution < -0.4 is 10.6 Å². The average Bonchev–Trinajstić information content (AvgIpc) is 2.69. The van der Waals surface area contributed by atoms with E-state index in [1.54, 1.807) is 36.0 Å². The van der Waals surface area contributed by atoms with Gasteiger partial charge in [0.2, 0.25) is 5.82 Å². The molecule has 0 amide bonds. The van der Waals surface area contributed by atoms with Crippen molar-refractivity contribution < 1.29 is 14.2 Å². The molecule has 0 saturated heterocycles. The number of para-hydroxylation sites is 2. The van der Waals surface area contributed by atoms with Crippen LogP contribution in [-0.4, -0.2) is 16.1 Å². The summed E-state index contributed by atoms with van der Waals surface area (Å²) in [6.45, 7) is 0. The molecule has 148 valence electrons. The van der Waals surface area contributed by atoms with Gasteiger partial charge in [0.25, 0.3) is 5.69 Å². The molecule has 0 saturated carbocycles. The van der Waals surface area contributed by atoms with Crippen LogP contribution in [-0.2, 0) is 0 Å². The van der Waals surface area contributed by atoms with E-state index in [-0.39, 0.29) is 5.69 Å². The fourth-order valence-electron chi connectivity index (χ4n) is 2.62. The lowest BCUT2D eigenvalue weighted by Crippen LogP contribution is -2.03. The molecule has 0 aliphatic heterocycles. The minimum atomic E-state index is -1.17. The first-order valence-electron chi connectivity index (χ1n) is 8.28. The van der Waals surface area contributed by atoms with Crippen molar-refractivity contribution >= 4 is 45.9 Å². The predicted octanol–water partition coefficient (Wildman–Crippen LogP) is 5.85. The van der Waals surface area contributed by atoms with Crippen molar-refractivity contribution in [3.63, 3.8) is 0 Å². The van der Waals surface area contributed by atoms with Crippen molar-refractivity contribution in [2.24, 2.45) is 0 Å². The summed E-state index contributed by atoms with van der Waals surface area (Å²) in [5, 5.41) is 28.2. The van der Waals surface area contributed by atoms with Crippen molar-refractivity contribution in [2.75, 3.05) is 16.9 Å². The lowest BCUT2D eigenvalue weighted by molar-refractivity contribution is -0.395. The maximum Gasteiger partial charge on any atom is 0.311 e. The quantitative estimate of drug-likeness (QED) is 0.283. The van der Waals surface area contributed by atoms with Gasteiger partial charge in [-0.15, -0.1) is 11.8 Å². The maximum atomic E-state index is 14.0. The van der Waals surface area contributed by atoms with Gasteiger partial charge in [0, 0.05) is 16.6 Å². The number of thioether (sulfide) groups is 1. The molecule has 8 nitrogen and oxygen atoms in total. The zero-order chi connectivity index (χ0) is 21.0. The number of nitro groups is 2. The highest BCUT2D eigenvalue weighted by Gasteiger charge is 2.25. The Hall–Kier alpha value is -3.66. The summed E-state index contributed by atoms with van der Waals surface area (Å²) >= 11 is 1.61. The Morgan fingerprint density at radius 2 is 1.41 bits per heavy atom. The van der Waals surface area contributed by atoms with Gasteiger partial charge in [0.15, 0.2) is 0 Å². The second-order valence-electron chi connectivity index (χ2n) is 5.86. The van der Waals surface area contributed by atoms with Gasteiger partial charge in [-0.2, -0.15) is 4.39 Å². The van der Waals surface area contributed by atoms with Crippen LogP contribution in [0.4, 0.5) is 38.5 Å². The van der Waals surface area contributed by atoms with Crippen LogP contribution in [0, 0.1) is 26.0 Å². The van der Waals surface area contributed by atoms with Crippen LogP contribution in [0.15, 0.2) is 65.6 Å². The Morgan fingerprint density at radius 1 is 0.828 bits per heavy atom. The molecule has 0 unspecified atom stereocenters. The highest BCUT2D eigenvalue weighted by atomic mass is 32.2. The molecule has 0 aliphatic rings. The Bertz CT molecular complexity index is 1080. The summed E-state index contributed by atoms with van der Waals surface area (Å²) in [4.78, 5) is 21.5. The Balaban J connectivity index is 1.95. The first-order valence-corrected chi connectivity index (χ1v) is 9.51. The number of nitrogens with one attached hydrogen (secondary N) is 2. The van der Waals surface area contributed by atoms with Crippen LogP contribution in [0.3, 0.4) is 0 Å². The zero-order valence-electron chi connectivity index (χ0n) is 15.1. The van der Waals surface area contributed by atoms with E-state index in [0.29, 0.717) is 17.4 Å². The predicted molar refractivity (Wildman–Crippen MR) is 111 cm³/mol. The zero-order valence-corrected chi connectivity index (χ0v) is 15.9. The summed E-state index contributed by atoms with van der Waals surface area (Å²) in [7, 11) is 0. The van der Waals surface area contributed by atoms with Crippen LogP contribution >= 0.6 is 11.8 Å². The fourth-order valence-corrected chi connectivity index (χ4v) is 3.03. The molecular formula is C19H15FN4O4S. The van der Waals surface area contributed by atoms with E-state index in [0.717, 1.165) is 16.6 Å². The maximum absolute atomic E-state index is 14.0. The second-order valence-corrected chi connectivity index (χ2v) is 6.74. The number of halogens is 1. The SMILES string of the molecule is CSc1ccc(Nc2ccccc2Nc2cc(F)c([N+](=O)[O-])cc2[N+](=O)[O-])cc1. The van der Waals surface area contributed by atoms with Gasteiger partial charge in [0.1, 0.15) is 5.69 Å². The van der Waals surface area contributed by atoms with Crippen molar-refractivity contribution in [3.05, 3.63) is 86.7 Å². The Kier molecular flexibility index (Phi) is 5.93. The van der Waals surface area contributed by atoms with E-state index in [2.05, 4.69) is 10.6 Å². The molecule has 3 aromatic carbocycles. The Morgan fingerprint density at radius 3 is 1.97 bits per heavy atom. The van der Waals surface area contributed by atoms with E-state index in [1.165, 1.54) is 0 Å². The monoisotopic (exact) mass is 414 g/mol. The molecule has 29 heavy (non-hydrogen) atoms. The second kappa shape index (κ2) is 8.57. The number of rotatable bonds is 7. The van der Waals surface area contributed by atoms with E-state index in [4.69, 9.17) is 0 Å². The molecule has 10 heteroatoms. The molecule has 3 rings (SSSR count). The van der Waals surface area contributed by atoms with E-state index >= 15 is 0 Å². The van der Waals surface area contributed by atoms with Gasteiger partial charge in [-0.25, -0.2) is 0 Å². The molecule has 0 radical (unpaired) electrons. The standard InChI is InChI=1S/C19H15FN4O4S/c1-29-13-8-6-12(7-9-13)21-15-4-2-3-5-16(15)22-17-10-14(20)18(23(25)26)11-19(17)24(27)28/h2-11,21-22H,1H3. The normalized spacial score (nSPS) is 10.4. The minimum Gasteiger partial charge on any atom is -0.354 e. The third-order valence-electron chi connectivity index (χ3n) is 4.02. The third kappa shape index (κ3) is 4.61. The fraction of sp³-hybridized carbons (Fsp3) is 0.0526. The van der Waals surface area contributed by atoms with Crippen molar-refractivity contribution in [1.82, 2.24) is 0 Å². The number of hydrogen-bond acceptors (Lipinski definition) is 7. The Labute approximate surface area is 169 Å². The lowest BCUT2D eigenvalue weighted by atomic mass is 10.2. The highest BCUT2D eigenvalue weighted by molar-refractivity contribution is 7.98. The van der Waals surface area contributed by atoms with E-state index in [1.807, 2.05) is 30.5 Å². The summed E-state index contributed by atoms with van der Waals surface area (Å²) in [6, 6.07) is 15.9. The number of nitro benzene ring substituents is 2. The van der Waals surface area contributed by atoms with Gasteiger partial charge in [0.05, 0.1) is 27.3 Å². The molecular weight excluding hydrogens is 399 g/mol. The number of nitrogens with zero attached hydrogens (tertiary/aromatic N) is 2. The molecule has 0 heterocycles. The molecule has 0 atom stereocenters. The smallest absolute Gasteiger partial charge is 0.311 e. The first-order chi connectivity index (χ1) is 13.9. The topological polar surface area (TPSA) is 110 Å². The number of anilines is 4. The lowest BCUT2D eigenvalue weighted by Gasteiger charge is -2.14. The molecule has 3 aromatic rings. The van der Waals surface area contributed by atoms with Crippen LogP contribution in [0.25, 0.3) is 0 Å². The van der Waals surface area contributed by atoms with Crippen molar-refractivity contribution in [1.29, 1.82) is 0 Å². The van der Waals surface area contributed by atoms with Gasteiger partial charge in [-0.3, -0.25) is 20.2 Å². The van der Waals surface area contributed by atoms with E-state index < -0.39 is 27.0 Å². The van der Waals surface area contributed by atoms with Gasteiger partial charge < -0.3 is 10.6 Å². The summed E-state index contributed by atoms with van der Waals surface area (Å²) < 4.78 is 14.0. The van der Waals surface area contributed by atoms with Gasteiger partial charge in [-0.1, -0.05) is 12.1 Å². The van der Waals surface area contributed by atoms with Crippen molar-refractivity contribution in [2.45, 2.75) is 4.90 Å². The van der Waals surface area contributed by atoms with Crippen molar-refractivity contribution in [3.8, 4) is 0 Å². The molecule has 0 bridgehead atoms. The first kappa shape index (κ1) is 20.1. The van der Waals surface area contributed by atoms with Gasteiger partial charge in [-0.05, 0) is 42.7 Å². The van der Waals surface area contributed by atoms with Gasteiger partial charge >= 0.3 is 5.69 Å². The minimum absolute atomic E-state index is 0.190. The molecule has 0 spiro atoms. The largest absolute Gasteiger partial charge is 0.354 e. The molecule has 2 N–H and O–H groups in total. The molecule has 0 fully saturated rings. The number of hydrogen-bond donors (Lipinski definition) is 2. The average molecular weight is 414 g/mol. The molecule has 0 aromatic heterocycles. The molecule has 0 aliphatic carbocycles. The van der Waals surface area contributed by atoms with Crippen LogP contribution in [0.5, 0.6) is 0 Å².